The van der Waals surface area contributed by atoms with Crippen molar-refractivity contribution in [3.63, 3.8) is 0 Å². The second-order valence-corrected chi connectivity index (χ2v) is 8.54. The molecule has 2 aromatic carbocycles. The van der Waals surface area contributed by atoms with E-state index in [0.29, 0.717) is 25.0 Å². The fourth-order valence-electron chi connectivity index (χ4n) is 4.08. The maximum absolute atomic E-state index is 11.9. The number of rotatable bonds is 9. The smallest absolute Gasteiger partial charge is 0.220 e. The van der Waals surface area contributed by atoms with Gasteiger partial charge in [0, 0.05) is 25.6 Å². The number of carbonyl (C=O) groups excluding carboxylic acids is 1. The van der Waals surface area contributed by atoms with Crippen molar-refractivity contribution >= 4 is 5.91 Å². The minimum Gasteiger partial charge on any atom is -0.489 e. The Hall–Kier alpha value is -2.33. The topological polar surface area (TPSA) is 41.6 Å². The zero-order valence-corrected chi connectivity index (χ0v) is 17.2. The van der Waals surface area contributed by atoms with E-state index in [4.69, 9.17) is 4.74 Å². The molecule has 1 saturated heterocycles. The van der Waals surface area contributed by atoms with Gasteiger partial charge in [0.05, 0.1) is 0 Å². The van der Waals surface area contributed by atoms with Gasteiger partial charge in [-0.2, -0.15) is 0 Å². The molecule has 0 aromatic heterocycles. The van der Waals surface area contributed by atoms with E-state index in [0.717, 1.165) is 31.8 Å². The Kier molecular flexibility index (Phi) is 6.83. The second kappa shape index (κ2) is 9.93. The first-order valence-electron chi connectivity index (χ1n) is 11.0. The number of nitrogens with one attached hydrogen (secondary N) is 1. The van der Waals surface area contributed by atoms with Gasteiger partial charge in [0.2, 0.25) is 5.91 Å². The number of ether oxygens (including phenoxy) is 1. The van der Waals surface area contributed by atoms with E-state index >= 15 is 0 Å². The van der Waals surface area contributed by atoms with Gasteiger partial charge in [-0.05, 0) is 67.8 Å². The number of benzene rings is 2. The summed E-state index contributed by atoms with van der Waals surface area (Å²) in [5.41, 5.74) is 2.51. The highest BCUT2D eigenvalue weighted by Gasteiger charge is 2.24. The molecule has 1 N–H and O–H groups in total. The lowest BCUT2D eigenvalue weighted by atomic mass is 9.93. The van der Waals surface area contributed by atoms with Crippen molar-refractivity contribution in [2.75, 3.05) is 13.1 Å². The van der Waals surface area contributed by atoms with E-state index in [9.17, 15) is 4.79 Å². The standard InChI is InChI=1S/C25H32N2O2/c28-25(26-23-11-12-23)15-10-20-7-4-16-27(17-20)18-21-8-13-24(14-9-21)29-19-22-5-2-1-3-6-22/h1-3,5-6,8-9,13-14,20,23H,4,7,10-12,15-19H2,(H,26,28)/t20-/m0/s1. The highest BCUT2D eigenvalue weighted by atomic mass is 16.5. The Balaban J connectivity index is 1.20. The molecule has 4 rings (SSSR count). The summed E-state index contributed by atoms with van der Waals surface area (Å²) in [5, 5.41) is 3.11. The van der Waals surface area contributed by atoms with Crippen LogP contribution < -0.4 is 10.1 Å². The summed E-state index contributed by atoms with van der Waals surface area (Å²) < 4.78 is 5.89. The molecular formula is C25H32N2O2. The average Bonchev–Trinajstić information content (AvgIpc) is 3.57. The van der Waals surface area contributed by atoms with Crippen molar-refractivity contribution in [3.05, 3.63) is 65.7 Å². The van der Waals surface area contributed by atoms with E-state index in [-0.39, 0.29) is 5.91 Å². The van der Waals surface area contributed by atoms with Crippen molar-refractivity contribution in [1.82, 2.24) is 10.2 Å². The van der Waals surface area contributed by atoms with Crippen LogP contribution in [0.5, 0.6) is 5.75 Å². The maximum atomic E-state index is 11.9. The second-order valence-electron chi connectivity index (χ2n) is 8.54. The number of nitrogens with zero attached hydrogens (tertiary/aromatic N) is 1. The number of hydrogen-bond acceptors (Lipinski definition) is 3. The Morgan fingerprint density at radius 2 is 1.79 bits per heavy atom. The predicted octanol–water partition coefficient (Wildman–Crippen LogP) is 4.54. The first-order chi connectivity index (χ1) is 14.2. The molecule has 1 heterocycles. The Bertz CT molecular complexity index is 771. The van der Waals surface area contributed by atoms with Gasteiger partial charge >= 0.3 is 0 Å². The number of hydrogen-bond donors (Lipinski definition) is 1. The van der Waals surface area contributed by atoms with Crippen LogP contribution in [0, 0.1) is 5.92 Å². The van der Waals surface area contributed by atoms with E-state index < -0.39 is 0 Å². The lowest BCUT2D eigenvalue weighted by molar-refractivity contribution is -0.121. The minimum atomic E-state index is 0.246. The third kappa shape index (κ3) is 6.60. The van der Waals surface area contributed by atoms with Gasteiger partial charge in [0.15, 0.2) is 0 Å². The van der Waals surface area contributed by atoms with Crippen molar-refractivity contribution in [2.24, 2.45) is 5.92 Å². The minimum absolute atomic E-state index is 0.246. The van der Waals surface area contributed by atoms with Crippen molar-refractivity contribution in [3.8, 4) is 5.75 Å². The molecule has 1 amide bonds. The molecule has 154 valence electrons. The Morgan fingerprint density at radius 3 is 2.55 bits per heavy atom. The molecule has 2 fully saturated rings. The van der Waals surface area contributed by atoms with Crippen molar-refractivity contribution < 1.29 is 9.53 Å². The van der Waals surface area contributed by atoms with Crippen LogP contribution in [0.3, 0.4) is 0 Å². The first kappa shape index (κ1) is 20.0. The molecule has 4 nitrogen and oxygen atoms in total. The first-order valence-corrected chi connectivity index (χ1v) is 11.0. The summed E-state index contributed by atoms with van der Waals surface area (Å²) in [4.78, 5) is 14.5. The van der Waals surface area contributed by atoms with Crippen LogP contribution in [0.15, 0.2) is 54.6 Å². The van der Waals surface area contributed by atoms with E-state index in [1.165, 1.54) is 36.8 Å². The van der Waals surface area contributed by atoms with Gasteiger partial charge in [0.25, 0.3) is 0 Å². The van der Waals surface area contributed by atoms with Crippen molar-refractivity contribution in [1.29, 1.82) is 0 Å². The fraction of sp³-hybridized carbons (Fsp3) is 0.480. The van der Waals surface area contributed by atoms with Crippen LogP contribution in [0.4, 0.5) is 0 Å². The molecule has 29 heavy (non-hydrogen) atoms. The summed E-state index contributed by atoms with van der Waals surface area (Å²) in [6, 6.07) is 19.2. The lowest BCUT2D eigenvalue weighted by Crippen LogP contribution is -2.35. The van der Waals surface area contributed by atoms with Gasteiger partial charge in [-0.3, -0.25) is 9.69 Å². The van der Waals surface area contributed by atoms with E-state index in [1.54, 1.807) is 0 Å². The third-order valence-corrected chi connectivity index (χ3v) is 5.90. The Morgan fingerprint density at radius 1 is 1.00 bits per heavy atom. The molecule has 0 unspecified atom stereocenters. The summed E-state index contributed by atoms with van der Waals surface area (Å²) in [6.07, 6.45) is 6.51. The number of likely N-dealkylation sites (tertiary alicyclic amines) is 1. The van der Waals surface area contributed by atoms with Gasteiger partial charge in [-0.15, -0.1) is 0 Å². The van der Waals surface area contributed by atoms with Crippen LogP contribution in [-0.4, -0.2) is 29.9 Å². The third-order valence-electron chi connectivity index (χ3n) is 5.90. The van der Waals surface area contributed by atoms with Crippen LogP contribution in [-0.2, 0) is 17.9 Å². The molecule has 1 atom stereocenters. The van der Waals surface area contributed by atoms with Crippen LogP contribution >= 0.6 is 0 Å². The molecule has 1 aliphatic heterocycles. The van der Waals surface area contributed by atoms with Crippen LogP contribution in [0.2, 0.25) is 0 Å². The lowest BCUT2D eigenvalue weighted by Gasteiger charge is -2.32. The van der Waals surface area contributed by atoms with Gasteiger partial charge < -0.3 is 10.1 Å². The van der Waals surface area contributed by atoms with Crippen LogP contribution in [0.25, 0.3) is 0 Å². The van der Waals surface area contributed by atoms with Gasteiger partial charge in [0.1, 0.15) is 12.4 Å². The quantitative estimate of drug-likeness (QED) is 0.681. The zero-order valence-electron chi connectivity index (χ0n) is 17.2. The summed E-state index contributed by atoms with van der Waals surface area (Å²) in [7, 11) is 0. The van der Waals surface area contributed by atoms with Crippen molar-refractivity contribution in [2.45, 2.75) is 57.7 Å². The van der Waals surface area contributed by atoms with Gasteiger partial charge in [-0.1, -0.05) is 42.5 Å². The number of amides is 1. The molecule has 0 bridgehead atoms. The molecule has 0 spiro atoms. The summed E-state index contributed by atoms with van der Waals surface area (Å²) in [5.74, 6) is 1.80. The van der Waals surface area contributed by atoms with E-state index in [1.807, 2.05) is 18.2 Å². The molecule has 4 heteroatoms. The average molecular weight is 393 g/mol. The zero-order chi connectivity index (χ0) is 19.9. The highest BCUT2D eigenvalue weighted by molar-refractivity contribution is 5.76. The summed E-state index contributed by atoms with van der Waals surface area (Å²) >= 11 is 0. The molecule has 0 radical (unpaired) electrons. The molecule has 2 aromatic rings. The fourth-order valence-corrected chi connectivity index (χ4v) is 4.08. The Labute approximate surface area is 174 Å². The number of piperidine rings is 1. The largest absolute Gasteiger partial charge is 0.489 e. The number of carbonyl (C=O) groups is 1. The molecule has 1 aliphatic carbocycles. The SMILES string of the molecule is O=C(CC[C@@H]1CCCN(Cc2ccc(OCc3ccccc3)cc2)C1)NC1CC1. The molecule has 2 aliphatic rings. The molecule has 1 saturated carbocycles. The summed E-state index contributed by atoms with van der Waals surface area (Å²) in [6.45, 7) is 3.83. The molecular weight excluding hydrogens is 360 g/mol. The van der Waals surface area contributed by atoms with Gasteiger partial charge in [-0.25, -0.2) is 0 Å². The monoisotopic (exact) mass is 392 g/mol. The highest BCUT2D eigenvalue weighted by Crippen LogP contribution is 2.24. The van der Waals surface area contributed by atoms with E-state index in [2.05, 4.69) is 46.6 Å². The predicted molar refractivity (Wildman–Crippen MR) is 116 cm³/mol. The maximum Gasteiger partial charge on any atom is 0.220 e. The van der Waals surface area contributed by atoms with Crippen LogP contribution in [0.1, 0.15) is 49.7 Å². The normalized spacial score (nSPS) is 19.7.